The van der Waals surface area contributed by atoms with Crippen molar-refractivity contribution in [3.63, 3.8) is 0 Å². The summed E-state index contributed by atoms with van der Waals surface area (Å²) in [5.41, 5.74) is 6.36. The molecule has 1 aromatic carbocycles. The molecule has 108 valence electrons. The number of nitrogens with zero attached hydrogens (tertiary/aromatic N) is 2. The van der Waals surface area contributed by atoms with Crippen LogP contribution in [0.4, 0.5) is 5.69 Å². The average Bonchev–Trinajstić information content (AvgIpc) is 2.35. The molecule has 1 unspecified atom stereocenters. The predicted octanol–water partition coefficient (Wildman–Crippen LogP) is 3.01. The highest BCUT2D eigenvalue weighted by atomic mass is 32.2. The molecule has 0 aromatic heterocycles. The third-order valence-corrected chi connectivity index (χ3v) is 5.51. The number of rotatable bonds is 5. The van der Waals surface area contributed by atoms with Crippen molar-refractivity contribution in [2.75, 3.05) is 19.3 Å². The van der Waals surface area contributed by atoms with Crippen molar-refractivity contribution in [2.45, 2.75) is 38.6 Å². The topological polar surface area (TPSA) is 58.7 Å². The maximum Gasteiger partial charge on any atom is 0.139 e. The van der Waals surface area contributed by atoms with Crippen molar-refractivity contribution < 1.29 is 4.21 Å². The SMILES string of the molecule is CC(C)CN=S(=O)(c1ccc(N)cc1)N(C)C(C)C. The lowest BCUT2D eigenvalue weighted by molar-refractivity contribution is 0.435. The van der Waals surface area contributed by atoms with Crippen molar-refractivity contribution in [3.8, 4) is 0 Å². The van der Waals surface area contributed by atoms with E-state index in [1.165, 1.54) is 0 Å². The van der Waals surface area contributed by atoms with Crippen molar-refractivity contribution in [1.29, 1.82) is 0 Å². The fourth-order valence-corrected chi connectivity index (χ4v) is 3.74. The fourth-order valence-electron chi connectivity index (χ4n) is 1.51. The number of anilines is 1. The van der Waals surface area contributed by atoms with Gasteiger partial charge in [-0.05, 0) is 44.0 Å². The van der Waals surface area contributed by atoms with Crippen LogP contribution in [-0.2, 0) is 9.92 Å². The van der Waals surface area contributed by atoms with Crippen LogP contribution in [-0.4, -0.2) is 28.1 Å². The molecule has 1 aromatic rings. The molecule has 0 fully saturated rings. The number of benzene rings is 1. The van der Waals surface area contributed by atoms with Crippen molar-refractivity contribution in [1.82, 2.24) is 4.31 Å². The number of hydrogen-bond acceptors (Lipinski definition) is 3. The Morgan fingerprint density at radius 3 is 2.16 bits per heavy atom. The normalized spacial score (nSPS) is 14.9. The van der Waals surface area contributed by atoms with Gasteiger partial charge in [0.2, 0.25) is 0 Å². The van der Waals surface area contributed by atoms with Crippen LogP contribution in [0.5, 0.6) is 0 Å². The van der Waals surface area contributed by atoms with E-state index in [1.807, 2.05) is 25.2 Å². The first-order valence-corrected chi connectivity index (χ1v) is 8.06. The highest BCUT2D eigenvalue weighted by Crippen LogP contribution is 2.21. The van der Waals surface area contributed by atoms with Crippen molar-refractivity contribution in [3.05, 3.63) is 24.3 Å². The van der Waals surface area contributed by atoms with Crippen LogP contribution in [0.1, 0.15) is 27.7 Å². The Morgan fingerprint density at radius 1 is 1.21 bits per heavy atom. The Morgan fingerprint density at radius 2 is 1.74 bits per heavy atom. The predicted molar refractivity (Wildman–Crippen MR) is 82.3 cm³/mol. The van der Waals surface area contributed by atoms with Crippen LogP contribution in [0.3, 0.4) is 0 Å². The molecule has 0 spiro atoms. The number of nitrogens with two attached hydrogens (primary N) is 1. The molecule has 0 heterocycles. The highest BCUT2D eigenvalue weighted by molar-refractivity contribution is 7.91. The summed E-state index contributed by atoms with van der Waals surface area (Å²) in [6, 6.07) is 7.31. The van der Waals surface area contributed by atoms with Gasteiger partial charge in [0.1, 0.15) is 9.92 Å². The molecule has 0 saturated heterocycles. The largest absolute Gasteiger partial charge is 0.399 e. The fraction of sp³-hybridized carbons (Fsp3) is 0.571. The molecule has 4 nitrogen and oxygen atoms in total. The van der Waals surface area contributed by atoms with Crippen LogP contribution >= 0.6 is 0 Å². The lowest BCUT2D eigenvalue weighted by Crippen LogP contribution is -2.33. The Hall–Kier alpha value is -1.07. The van der Waals surface area contributed by atoms with Gasteiger partial charge in [0.05, 0.1) is 11.4 Å². The summed E-state index contributed by atoms with van der Waals surface area (Å²) in [5.74, 6) is 0.384. The molecule has 0 aliphatic heterocycles. The molecule has 0 radical (unpaired) electrons. The van der Waals surface area contributed by atoms with Gasteiger partial charge >= 0.3 is 0 Å². The van der Waals surface area contributed by atoms with Gasteiger partial charge in [0.25, 0.3) is 0 Å². The third kappa shape index (κ3) is 3.94. The molecule has 1 atom stereocenters. The standard InChI is InChI=1S/C14H25N3OS/c1-11(2)10-16-19(18,17(5)12(3)4)14-8-6-13(15)7-9-14/h6-9,11-12H,10,15H2,1-5H3. The van der Waals surface area contributed by atoms with Gasteiger partial charge in [0, 0.05) is 18.8 Å². The average molecular weight is 283 g/mol. The molecule has 0 aliphatic carbocycles. The van der Waals surface area contributed by atoms with E-state index in [1.54, 1.807) is 24.3 Å². The number of hydrogen-bond donors (Lipinski definition) is 1. The summed E-state index contributed by atoms with van der Waals surface area (Å²) < 4.78 is 19.6. The third-order valence-electron chi connectivity index (χ3n) is 2.92. The quantitative estimate of drug-likeness (QED) is 0.844. The molecule has 19 heavy (non-hydrogen) atoms. The zero-order chi connectivity index (χ0) is 14.6. The zero-order valence-electron chi connectivity index (χ0n) is 12.5. The minimum Gasteiger partial charge on any atom is -0.399 e. The van der Waals surface area contributed by atoms with Crippen LogP contribution in [0.25, 0.3) is 0 Å². The van der Waals surface area contributed by atoms with Crippen LogP contribution < -0.4 is 5.73 Å². The van der Waals surface area contributed by atoms with E-state index in [0.29, 0.717) is 18.2 Å². The number of nitrogen functional groups attached to an aromatic ring is 1. The molecule has 2 N–H and O–H groups in total. The zero-order valence-corrected chi connectivity index (χ0v) is 13.3. The van der Waals surface area contributed by atoms with Crippen molar-refractivity contribution in [2.24, 2.45) is 10.3 Å². The maximum absolute atomic E-state index is 13.3. The first-order chi connectivity index (χ1) is 8.77. The van der Waals surface area contributed by atoms with Gasteiger partial charge in [0.15, 0.2) is 0 Å². The second-order valence-electron chi connectivity index (χ2n) is 5.41. The molecule has 0 aliphatic rings. The highest BCUT2D eigenvalue weighted by Gasteiger charge is 2.21. The Labute approximate surface area is 117 Å². The van der Waals surface area contributed by atoms with E-state index in [-0.39, 0.29) is 6.04 Å². The molecule has 1 rings (SSSR count). The van der Waals surface area contributed by atoms with E-state index >= 15 is 0 Å². The Balaban J connectivity index is 3.30. The lowest BCUT2D eigenvalue weighted by atomic mass is 10.2. The summed E-state index contributed by atoms with van der Waals surface area (Å²) in [4.78, 5) is 0.721. The molecule has 0 bridgehead atoms. The second kappa shape index (κ2) is 6.39. The smallest absolute Gasteiger partial charge is 0.139 e. The summed E-state index contributed by atoms with van der Waals surface area (Å²) in [7, 11) is -0.700. The van der Waals surface area contributed by atoms with Gasteiger partial charge in [-0.25, -0.2) is 12.9 Å². The minimum absolute atomic E-state index is 0.154. The van der Waals surface area contributed by atoms with E-state index in [4.69, 9.17) is 5.73 Å². The second-order valence-corrected chi connectivity index (χ2v) is 7.71. The lowest BCUT2D eigenvalue weighted by Gasteiger charge is -2.26. The van der Waals surface area contributed by atoms with Gasteiger partial charge in [-0.1, -0.05) is 13.8 Å². The van der Waals surface area contributed by atoms with Gasteiger partial charge in [-0.15, -0.1) is 0 Å². The minimum atomic E-state index is -2.55. The van der Waals surface area contributed by atoms with Crippen LogP contribution in [0, 0.1) is 5.92 Å². The van der Waals surface area contributed by atoms with E-state index in [2.05, 4.69) is 18.2 Å². The first kappa shape index (κ1) is 16.0. The van der Waals surface area contributed by atoms with E-state index < -0.39 is 9.92 Å². The summed E-state index contributed by atoms with van der Waals surface area (Å²) in [6.07, 6.45) is 0. The van der Waals surface area contributed by atoms with E-state index in [9.17, 15) is 4.21 Å². The molecule has 0 saturated carbocycles. The first-order valence-electron chi connectivity index (χ1n) is 6.59. The molecule has 5 heteroatoms. The van der Waals surface area contributed by atoms with E-state index in [0.717, 1.165) is 4.90 Å². The summed E-state index contributed by atoms with van der Waals surface area (Å²) in [5, 5.41) is 0. The van der Waals surface area contributed by atoms with Gasteiger partial charge in [-0.2, -0.15) is 0 Å². The van der Waals surface area contributed by atoms with Crippen molar-refractivity contribution >= 4 is 15.6 Å². The summed E-state index contributed by atoms with van der Waals surface area (Å²) in [6.45, 7) is 8.76. The van der Waals surface area contributed by atoms with Crippen LogP contribution in [0.15, 0.2) is 33.5 Å². The molecule has 0 amide bonds. The Bertz CT molecular complexity index is 514. The summed E-state index contributed by atoms with van der Waals surface area (Å²) >= 11 is 0. The maximum atomic E-state index is 13.3. The Kier molecular flexibility index (Phi) is 5.38. The monoisotopic (exact) mass is 283 g/mol. The van der Waals surface area contributed by atoms with Crippen LogP contribution in [0.2, 0.25) is 0 Å². The molecular weight excluding hydrogens is 258 g/mol. The molecular formula is C14H25N3OS. The van der Waals surface area contributed by atoms with Gasteiger partial charge in [-0.3, -0.25) is 0 Å². The van der Waals surface area contributed by atoms with Gasteiger partial charge < -0.3 is 5.73 Å².